The molecule has 1 aliphatic heterocycles. The first-order valence-electron chi connectivity index (χ1n) is 7.56. The number of rotatable bonds is 2. The molecule has 2 aliphatic rings. The van der Waals surface area contributed by atoms with Crippen LogP contribution in [-0.4, -0.2) is 35.5 Å². The van der Waals surface area contributed by atoms with E-state index < -0.39 is 0 Å². The lowest BCUT2D eigenvalue weighted by Gasteiger charge is -2.20. The number of likely N-dealkylation sites (tertiary alicyclic amines) is 1. The van der Waals surface area contributed by atoms with Crippen molar-refractivity contribution in [3.8, 4) is 5.75 Å². The second-order valence-corrected chi connectivity index (χ2v) is 6.54. The van der Waals surface area contributed by atoms with Crippen molar-refractivity contribution in [1.29, 1.82) is 0 Å². The van der Waals surface area contributed by atoms with Crippen LogP contribution in [-0.2, 0) is 0 Å². The van der Waals surface area contributed by atoms with E-state index in [1.807, 2.05) is 23.1 Å². The van der Waals surface area contributed by atoms with Crippen molar-refractivity contribution in [2.75, 3.05) is 13.7 Å². The van der Waals surface area contributed by atoms with Crippen LogP contribution >= 0.6 is 11.6 Å². The lowest BCUT2D eigenvalue weighted by atomic mass is 10.1. The number of piperidine rings is 1. The Bertz CT molecular complexity index is 777. The Kier molecular flexibility index (Phi) is 3.05. The summed E-state index contributed by atoms with van der Waals surface area (Å²) in [5, 5.41) is 1.94. The van der Waals surface area contributed by atoms with E-state index in [1.54, 1.807) is 13.2 Å². The zero-order chi connectivity index (χ0) is 15.4. The quantitative estimate of drug-likeness (QED) is 0.798. The lowest BCUT2D eigenvalue weighted by molar-refractivity contribution is 0.0755. The number of pyridine rings is 1. The largest absolute Gasteiger partial charge is 0.496 e. The maximum Gasteiger partial charge on any atom is 0.273 e. The van der Waals surface area contributed by atoms with E-state index in [0.717, 1.165) is 23.7 Å². The monoisotopic (exact) mass is 316 g/mol. The molecule has 4 rings (SSSR count). The van der Waals surface area contributed by atoms with E-state index in [2.05, 4.69) is 11.9 Å². The molecule has 4 nitrogen and oxygen atoms in total. The maximum atomic E-state index is 13.0. The SMILES string of the molecule is COc1cccc2c(C(=O)N3CCC4C3[C@@H]4C)nc(Cl)cc12. The molecule has 2 aromatic rings. The fraction of sp³-hybridized carbons (Fsp3) is 0.412. The van der Waals surface area contributed by atoms with Gasteiger partial charge in [0.05, 0.1) is 7.11 Å². The highest BCUT2D eigenvalue weighted by atomic mass is 35.5. The number of carbonyl (C=O) groups is 1. The highest BCUT2D eigenvalue weighted by Gasteiger charge is 2.56. The molecule has 1 saturated carbocycles. The van der Waals surface area contributed by atoms with E-state index in [1.165, 1.54) is 0 Å². The molecular formula is C17H17ClN2O2. The Labute approximate surface area is 134 Å². The smallest absolute Gasteiger partial charge is 0.273 e. The number of methoxy groups -OCH3 is 1. The van der Waals surface area contributed by atoms with Gasteiger partial charge in [0.1, 0.15) is 16.6 Å². The summed E-state index contributed by atoms with van der Waals surface area (Å²) in [6.45, 7) is 3.03. The molecule has 0 N–H and O–H groups in total. The van der Waals surface area contributed by atoms with Crippen molar-refractivity contribution in [3.05, 3.63) is 35.1 Å². The lowest BCUT2D eigenvalue weighted by Crippen LogP contribution is -2.32. The van der Waals surface area contributed by atoms with Gasteiger partial charge < -0.3 is 9.64 Å². The van der Waals surface area contributed by atoms with Gasteiger partial charge in [-0.05, 0) is 30.4 Å². The molecule has 114 valence electrons. The van der Waals surface area contributed by atoms with Crippen molar-refractivity contribution in [2.45, 2.75) is 19.4 Å². The summed E-state index contributed by atoms with van der Waals surface area (Å²) < 4.78 is 5.38. The third kappa shape index (κ3) is 1.90. The van der Waals surface area contributed by atoms with Crippen molar-refractivity contribution >= 4 is 28.3 Å². The van der Waals surface area contributed by atoms with Crippen LogP contribution in [0.2, 0.25) is 5.15 Å². The second-order valence-electron chi connectivity index (χ2n) is 6.15. The van der Waals surface area contributed by atoms with Crippen LogP contribution in [0, 0.1) is 11.8 Å². The standard InChI is InChI=1S/C17H17ClN2O2/c1-9-10-6-7-20(16(9)10)17(21)15-11-4-3-5-13(22-2)12(11)8-14(18)19-15/h3-5,8-10,16H,6-7H2,1-2H3/t9-,10?,16?/m1/s1. The maximum absolute atomic E-state index is 13.0. The fourth-order valence-electron chi connectivity index (χ4n) is 3.84. The molecule has 0 radical (unpaired) electrons. The Hall–Kier alpha value is -1.81. The number of fused-ring (bicyclic) bond motifs is 2. The Balaban J connectivity index is 1.83. The van der Waals surface area contributed by atoms with Gasteiger partial charge in [-0.15, -0.1) is 0 Å². The van der Waals surface area contributed by atoms with E-state index in [-0.39, 0.29) is 5.91 Å². The normalized spacial score (nSPS) is 26.1. The number of benzene rings is 1. The number of halogens is 1. The highest BCUT2D eigenvalue weighted by Crippen LogP contribution is 2.50. The summed E-state index contributed by atoms with van der Waals surface area (Å²) in [5.41, 5.74) is 0.432. The number of hydrogen-bond donors (Lipinski definition) is 0. The van der Waals surface area contributed by atoms with Gasteiger partial charge in [0, 0.05) is 23.4 Å². The van der Waals surface area contributed by atoms with Crippen LogP contribution in [0.25, 0.3) is 10.8 Å². The zero-order valence-electron chi connectivity index (χ0n) is 12.5. The summed E-state index contributed by atoms with van der Waals surface area (Å²) in [7, 11) is 1.61. The number of hydrogen-bond acceptors (Lipinski definition) is 3. The van der Waals surface area contributed by atoms with Gasteiger partial charge in [-0.2, -0.15) is 0 Å². The van der Waals surface area contributed by atoms with Gasteiger partial charge in [-0.3, -0.25) is 4.79 Å². The van der Waals surface area contributed by atoms with Gasteiger partial charge >= 0.3 is 0 Å². The van der Waals surface area contributed by atoms with Gasteiger partial charge in [0.25, 0.3) is 5.91 Å². The van der Waals surface area contributed by atoms with Crippen molar-refractivity contribution in [1.82, 2.24) is 9.88 Å². The first kappa shape index (κ1) is 13.8. The van der Waals surface area contributed by atoms with Crippen LogP contribution in [0.5, 0.6) is 5.75 Å². The summed E-state index contributed by atoms with van der Waals surface area (Å²) in [4.78, 5) is 19.2. The molecule has 0 bridgehead atoms. The highest BCUT2D eigenvalue weighted by molar-refractivity contribution is 6.30. The molecule has 1 saturated heterocycles. The van der Waals surface area contributed by atoms with Crippen LogP contribution in [0.4, 0.5) is 0 Å². The third-order valence-corrected chi connectivity index (χ3v) is 5.26. The Morgan fingerprint density at radius 2 is 2.23 bits per heavy atom. The number of carbonyl (C=O) groups excluding carboxylic acids is 1. The van der Waals surface area contributed by atoms with Crippen molar-refractivity contribution < 1.29 is 9.53 Å². The van der Waals surface area contributed by atoms with Crippen LogP contribution in [0.15, 0.2) is 24.3 Å². The molecule has 1 aromatic heterocycles. The number of ether oxygens (including phenoxy) is 1. The molecule has 1 amide bonds. The van der Waals surface area contributed by atoms with Crippen LogP contribution in [0.3, 0.4) is 0 Å². The molecule has 2 fully saturated rings. The fourth-order valence-corrected chi connectivity index (χ4v) is 4.03. The predicted molar refractivity (Wildman–Crippen MR) is 85.4 cm³/mol. The van der Waals surface area contributed by atoms with E-state index in [9.17, 15) is 4.79 Å². The minimum absolute atomic E-state index is 0.0161. The summed E-state index contributed by atoms with van der Waals surface area (Å²) in [6.07, 6.45) is 1.10. The van der Waals surface area contributed by atoms with E-state index in [0.29, 0.717) is 34.5 Å². The van der Waals surface area contributed by atoms with Gasteiger partial charge in [-0.25, -0.2) is 4.98 Å². The van der Waals surface area contributed by atoms with E-state index in [4.69, 9.17) is 16.3 Å². The average Bonchev–Trinajstić information content (AvgIpc) is 2.97. The molecule has 1 aromatic carbocycles. The number of nitrogens with zero attached hydrogens (tertiary/aromatic N) is 2. The zero-order valence-corrected chi connectivity index (χ0v) is 13.3. The topological polar surface area (TPSA) is 42.4 Å². The Morgan fingerprint density at radius 1 is 1.41 bits per heavy atom. The molecular weight excluding hydrogens is 300 g/mol. The van der Waals surface area contributed by atoms with Gasteiger partial charge in [-0.1, -0.05) is 30.7 Å². The predicted octanol–water partition coefficient (Wildman–Crippen LogP) is 3.38. The van der Waals surface area contributed by atoms with Gasteiger partial charge in [0.2, 0.25) is 0 Å². The first-order valence-corrected chi connectivity index (χ1v) is 7.94. The second kappa shape index (κ2) is 4.85. The average molecular weight is 317 g/mol. The molecule has 2 unspecified atom stereocenters. The minimum Gasteiger partial charge on any atom is -0.496 e. The molecule has 22 heavy (non-hydrogen) atoms. The van der Waals surface area contributed by atoms with Crippen molar-refractivity contribution in [2.24, 2.45) is 11.8 Å². The molecule has 0 spiro atoms. The van der Waals surface area contributed by atoms with Crippen LogP contribution in [0.1, 0.15) is 23.8 Å². The minimum atomic E-state index is -0.0161. The molecule has 5 heteroatoms. The van der Waals surface area contributed by atoms with Crippen molar-refractivity contribution in [3.63, 3.8) is 0 Å². The van der Waals surface area contributed by atoms with Gasteiger partial charge in [0.15, 0.2) is 0 Å². The molecule has 3 atom stereocenters. The summed E-state index contributed by atoms with van der Waals surface area (Å²) in [5.74, 6) is 1.97. The first-order chi connectivity index (χ1) is 10.6. The molecule has 2 heterocycles. The summed E-state index contributed by atoms with van der Waals surface area (Å²) >= 11 is 6.14. The number of aromatic nitrogens is 1. The van der Waals surface area contributed by atoms with E-state index >= 15 is 0 Å². The molecule has 1 aliphatic carbocycles. The summed E-state index contributed by atoms with van der Waals surface area (Å²) in [6, 6.07) is 7.77. The third-order valence-electron chi connectivity index (χ3n) is 5.06. The van der Waals surface area contributed by atoms with Crippen LogP contribution < -0.4 is 4.74 Å². The Morgan fingerprint density at radius 3 is 2.91 bits per heavy atom. The number of amides is 1.